The number of fused-ring (bicyclic) bond motifs is 3. The van der Waals surface area contributed by atoms with Crippen molar-refractivity contribution in [3.8, 4) is 0 Å². The predicted molar refractivity (Wildman–Crippen MR) is 74.9 cm³/mol. The fourth-order valence-electron chi connectivity index (χ4n) is 2.52. The smallest absolute Gasteiger partial charge is 0.0607 e. The second-order valence-electron chi connectivity index (χ2n) is 3.95. The zero-order valence-electron chi connectivity index (χ0n) is 10.1. The molecular formula is C16H15N. The first-order chi connectivity index (χ1) is 8.45. The maximum atomic E-state index is 2.28. The maximum Gasteiger partial charge on any atom is 0.0607 e. The molecule has 0 saturated carbocycles. The second-order valence-corrected chi connectivity index (χ2v) is 3.95. The second kappa shape index (κ2) is 3.77. The Hall–Kier alpha value is -2.02. The summed E-state index contributed by atoms with van der Waals surface area (Å²) < 4.78 is 2.28. The average molecular weight is 221 g/mol. The number of hydrogen-bond acceptors (Lipinski definition) is 0. The lowest BCUT2D eigenvalue weighted by Crippen LogP contribution is -1.73. The highest BCUT2D eigenvalue weighted by molar-refractivity contribution is 6.14. The molecule has 4 aromatic rings. The lowest BCUT2D eigenvalue weighted by Gasteiger charge is -1.90. The van der Waals surface area contributed by atoms with E-state index in [1.54, 1.807) is 0 Å². The van der Waals surface area contributed by atoms with Crippen LogP contribution in [0.25, 0.3) is 27.2 Å². The molecule has 84 valence electrons. The highest BCUT2D eigenvalue weighted by Crippen LogP contribution is 2.31. The number of aromatic nitrogens is 1. The summed E-state index contributed by atoms with van der Waals surface area (Å²) in [6, 6.07) is 17.2. The van der Waals surface area contributed by atoms with Gasteiger partial charge in [0, 0.05) is 22.4 Å². The fourth-order valence-corrected chi connectivity index (χ4v) is 2.52. The standard InChI is InChI=1S/C14H9N.C2H6/c1-2-7-13-11(5-1)12-6-3-4-10-8-9-15(13)14(10)12;1-2/h1-9H;1-2H3. The Morgan fingerprint density at radius 3 is 2.41 bits per heavy atom. The molecule has 0 aliphatic rings. The van der Waals surface area contributed by atoms with E-state index in [2.05, 4.69) is 59.1 Å². The van der Waals surface area contributed by atoms with Crippen molar-refractivity contribution in [3.05, 3.63) is 54.7 Å². The Bertz CT molecular complexity index is 742. The molecule has 0 N–H and O–H groups in total. The summed E-state index contributed by atoms with van der Waals surface area (Å²) >= 11 is 0. The third-order valence-corrected chi connectivity index (χ3v) is 3.17. The number of nitrogens with zero attached hydrogens (tertiary/aromatic N) is 1. The molecule has 0 amide bonds. The molecule has 2 aromatic heterocycles. The average Bonchev–Trinajstić information content (AvgIpc) is 2.98. The SMILES string of the molecule is CC.c1ccc2c(c1)c1cccc3ccn2c31. The first kappa shape index (κ1) is 10.2. The molecule has 0 bridgehead atoms. The third-order valence-electron chi connectivity index (χ3n) is 3.17. The first-order valence-corrected chi connectivity index (χ1v) is 6.15. The van der Waals surface area contributed by atoms with Gasteiger partial charge in [-0.1, -0.05) is 50.2 Å². The molecule has 0 fully saturated rings. The minimum Gasteiger partial charge on any atom is -0.315 e. The molecule has 17 heavy (non-hydrogen) atoms. The van der Waals surface area contributed by atoms with Crippen LogP contribution < -0.4 is 0 Å². The largest absolute Gasteiger partial charge is 0.315 e. The van der Waals surface area contributed by atoms with Crippen LogP contribution in [0.4, 0.5) is 0 Å². The highest BCUT2D eigenvalue weighted by atomic mass is 14.9. The van der Waals surface area contributed by atoms with E-state index in [9.17, 15) is 0 Å². The Labute approximate surface area is 101 Å². The van der Waals surface area contributed by atoms with Gasteiger partial charge in [-0.25, -0.2) is 0 Å². The molecule has 0 unspecified atom stereocenters. The van der Waals surface area contributed by atoms with Gasteiger partial charge in [-0.05, 0) is 12.1 Å². The van der Waals surface area contributed by atoms with Gasteiger partial charge in [0.1, 0.15) is 0 Å². The van der Waals surface area contributed by atoms with Crippen molar-refractivity contribution in [2.75, 3.05) is 0 Å². The molecule has 0 radical (unpaired) electrons. The Kier molecular flexibility index (Phi) is 2.25. The Morgan fingerprint density at radius 1 is 0.765 bits per heavy atom. The Balaban J connectivity index is 0.000000431. The molecule has 0 spiro atoms. The summed E-state index contributed by atoms with van der Waals surface area (Å²) in [5.41, 5.74) is 2.65. The monoisotopic (exact) mass is 221 g/mol. The van der Waals surface area contributed by atoms with Crippen LogP contribution in [0.2, 0.25) is 0 Å². The van der Waals surface area contributed by atoms with Crippen LogP contribution in [0.15, 0.2) is 54.7 Å². The van der Waals surface area contributed by atoms with Crippen LogP contribution in [-0.4, -0.2) is 4.40 Å². The van der Waals surface area contributed by atoms with Crippen LogP contribution in [0.5, 0.6) is 0 Å². The molecular weight excluding hydrogens is 206 g/mol. The summed E-state index contributed by atoms with van der Waals surface area (Å²) in [5.74, 6) is 0. The molecule has 1 heteroatoms. The van der Waals surface area contributed by atoms with E-state index in [0.29, 0.717) is 0 Å². The van der Waals surface area contributed by atoms with Crippen molar-refractivity contribution in [2.45, 2.75) is 13.8 Å². The van der Waals surface area contributed by atoms with E-state index < -0.39 is 0 Å². The minimum atomic E-state index is 1.30. The van der Waals surface area contributed by atoms with Crippen LogP contribution in [0, 0.1) is 0 Å². The van der Waals surface area contributed by atoms with Crippen LogP contribution in [-0.2, 0) is 0 Å². The van der Waals surface area contributed by atoms with Crippen LogP contribution in [0.3, 0.4) is 0 Å². The van der Waals surface area contributed by atoms with Crippen molar-refractivity contribution in [3.63, 3.8) is 0 Å². The van der Waals surface area contributed by atoms with Crippen LogP contribution in [0.1, 0.15) is 13.8 Å². The number of para-hydroxylation sites is 2. The molecule has 0 saturated heterocycles. The van der Waals surface area contributed by atoms with Gasteiger partial charge in [0.2, 0.25) is 0 Å². The number of benzene rings is 2. The molecule has 0 aliphatic carbocycles. The molecule has 0 aliphatic heterocycles. The lowest BCUT2D eigenvalue weighted by atomic mass is 10.1. The zero-order valence-corrected chi connectivity index (χ0v) is 10.1. The zero-order chi connectivity index (χ0) is 11.8. The van der Waals surface area contributed by atoms with Crippen molar-refractivity contribution >= 4 is 27.2 Å². The van der Waals surface area contributed by atoms with Crippen LogP contribution >= 0.6 is 0 Å². The van der Waals surface area contributed by atoms with Gasteiger partial charge in [-0.2, -0.15) is 0 Å². The summed E-state index contributed by atoms with van der Waals surface area (Å²) in [5, 5.41) is 4.02. The minimum absolute atomic E-state index is 1.30. The van der Waals surface area contributed by atoms with Gasteiger partial charge >= 0.3 is 0 Å². The van der Waals surface area contributed by atoms with Gasteiger partial charge < -0.3 is 4.40 Å². The van der Waals surface area contributed by atoms with Gasteiger partial charge in [0.15, 0.2) is 0 Å². The fraction of sp³-hybridized carbons (Fsp3) is 0.125. The normalized spacial score (nSPS) is 10.9. The van der Waals surface area contributed by atoms with Gasteiger partial charge in [-0.15, -0.1) is 0 Å². The van der Waals surface area contributed by atoms with E-state index in [-0.39, 0.29) is 0 Å². The van der Waals surface area contributed by atoms with E-state index >= 15 is 0 Å². The molecule has 2 heterocycles. The molecule has 1 nitrogen and oxygen atoms in total. The first-order valence-electron chi connectivity index (χ1n) is 6.15. The van der Waals surface area contributed by atoms with Crippen molar-refractivity contribution in [2.24, 2.45) is 0 Å². The molecule has 0 atom stereocenters. The van der Waals surface area contributed by atoms with E-state index in [1.165, 1.54) is 27.2 Å². The third kappa shape index (κ3) is 1.26. The topological polar surface area (TPSA) is 4.41 Å². The van der Waals surface area contributed by atoms with Crippen molar-refractivity contribution in [1.82, 2.24) is 4.40 Å². The summed E-state index contributed by atoms with van der Waals surface area (Å²) in [7, 11) is 0. The number of rotatable bonds is 0. The number of hydrogen-bond donors (Lipinski definition) is 0. The van der Waals surface area contributed by atoms with Gasteiger partial charge in [0.25, 0.3) is 0 Å². The van der Waals surface area contributed by atoms with Gasteiger partial charge in [0.05, 0.1) is 11.0 Å². The highest BCUT2D eigenvalue weighted by Gasteiger charge is 2.09. The lowest BCUT2D eigenvalue weighted by molar-refractivity contribution is 1.30. The van der Waals surface area contributed by atoms with Gasteiger partial charge in [-0.3, -0.25) is 0 Å². The summed E-state index contributed by atoms with van der Waals surface area (Å²) in [4.78, 5) is 0. The quantitative estimate of drug-likeness (QED) is 0.405. The van der Waals surface area contributed by atoms with Crippen molar-refractivity contribution in [1.29, 1.82) is 0 Å². The summed E-state index contributed by atoms with van der Waals surface area (Å²) in [6.45, 7) is 4.00. The molecule has 4 rings (SSSR count). The van der Waals surface area contributed by atoms with E-state index in [1.807, 2.05) is 13.8 Å². The maximum absolute atomic E-state index is 2.28. The van der Waals surface area contributed by atoms with E-state index in [4.69, 9.17) is 0 Å². The van der Waals surface area contributed by atoms with Crippen molar-refractivity contribution < 1.29 is 0 Å². The van der Waals surface area contributed by atoms with E-state index in [0.717, 1.165) is 0 Å². The Morgan fingerprint density at radius 2 is 1.53 bits per heavy atom. The summed E-state index contributed by atoms with van der Waals surface area (Å²) in [6.07, 6.45) is 2.15. The molecule has 2 aromatic carbocycles. The predicted octanol–water partition coefficient (Wildman–Crippen LogP) is 4.71.